The van der Waals surface area contributed by atoms with E-state index in [4.69, 9.17) is 5.73 Å². The molecule has 0 spiro atoms. The van der Waals surface area contributed by atoms with E-state index < -0.39 is 11.6 Å². The second-order valence-corrected chi connectivity index (χ2v) is 4.85. The molecule has 1 aromatic carbocycles. The summed E-state index contributed by atoms with van der Waals surface area (Å²) in [6, 6.07) is 3.39. The van der Waals surface area contributed by atoms with Crippen LogP contribution in [0.4, 0.5) is 8.78 Å². The lowest BCUT2D eigenvalue weighted by Crippen LogP contribution is -2.44. The van der Waals surface area contributed by atoms with Gasteiger partial charge in [-0.2, -0.15) is 0 Å². The van der Waals surface area contributed by atoms with Gasteiger partial charge >= 0.3 is 0 Å². The van der Waals surface area contributed by atoms with Crippen LogP contribution in [-0.4, -0.2) is 29.9 Å². The van der Waals surface area contributed by atoms with Gasteiger partial charge in [0, 0.05) is 18.2 Å². The first-order chi connectivity index (χ1) is 9.13. The molecule has 1 saturated heterocycles. The number of hydrogen-bond donors (Lipinski definition) is 1. The number of amides is 1. The third-order valence-corrected chi connectivity index (χ3v) is 3.55. The molecule has 1 amide bonds. The molecule has 3 nitrogen and oxygen atoms in total. The van der Waals surface area contributed by atoms with E-state index in [0.717, 1.165) is 37.8 Å². The number of hydrogen-bond acceptors (Lipinski definition) is 2. The van der Waals surface area contributed by atoms with Crippen molar-refractivity contribution in [3.63, 3.8) is 0 Å². The van der Waals surface area contributed by atoms with E-state index in [9.17, 15) is 13.6 Å². The first-order valence-electron chi connectivity index (χ1n) is 6.59. The average molecular weight is 268 g/mol. The Kier molecular flexibility index (Phi) is 4.47. The molecule has 0 aromatic heterocycles. The van der Waals surface area contributed by atoms with E-state index in [-0.39, 0.29) is 17.5 Å². The van der Waals surface area contributed by atoms with Gasteiger partial charge in [0.15, 0.2) is 11.6 Å². The summed E-state index contributed by atoms with van der Waals surface area (Å²) in [7, 11) is 0. The highest BCUT2D eigenvalue weighted by atomic mass is 19.2. The summed E-state index contributed by atoms with van der Waals surface area (Å²) >= 11 is 0. The van der Waals surface area contributed by atoms with Gasteiger partial charge in [0.1, 0.15) is 0 Å². The Labute approximate surface area is 111 Å². The molecule has 1 aromatic rings. The first-order valence-corrected chi connectivity index (χ1v) is 6.59. The van der Waals surface area contributed by atoms with Crippen LogP contribution in [0.1, 0.15) is 36.0 Å². The maximum Gasteiger partial charge on any atom is 0.254 e. The third-order valence-electron chi connectivity index (χ3n) is 3.55. The van der Waals surface area contributed by atoms with Crippen LogP contribution in [0.15, 0.2) is 18.2 Å². The number of nitrogens with two attached hydrogens (primary N) is 1. The Morgan fingerprint density at radius 3 is 2.79 bits per heavy atom. The number of likely N-dealkylation sites (tertiary alicyclic amines) is 1. The van der Waals surface area contributed by atoms with Gasteiger partial charge in [-0.25, -0.2) is 8.78 Å². The van der Waals surface area contributed by atoms with Gasteiger partial charge in [0.05, 0.1) is 0 Å². The van der Waals surface area contributed by atoms with Crippen molar-refractivity contribution in [1.82, 2.24) is 4.90 Å². The van der Waals surface area contributed by atoms with Gasteiger partial charge in [-0.1, -0.05) is 0 Å². The van der Waals surface area contributed by atoms with Gasteiger partial charge < -0.3 is 10.6 Å². The fourth-order valence-corrected chi connectivity index (χ4v) is 2.56. The van der Waals surface area contributed by atoms with Gasteiger partial charge in [-0.15, -0.1) is 0 Å². The van der Waals surface area contributed by atoms with Crippen LogP contribution in [0.3, 0.4) is 0 Å². The zero-order valence-electron chi connectivity index (χ0n) is 10.7. The highest BCUT2D eigenvalue weighted by Crippen LogP contribution is 2.22. The van der Waals surface area contributed by atoms with Crippen molar-refractivity contribution in [3.05, 3.63) is 35.4 Å². The fraction of sp³-hybridized carbons (Fsp3) is 0.500. The lowest BCUT2D eigenvalue weighted by atomic mass is 9.98. The molecule has 0 saturated carbocycles. The van der Waals surface area contributed by atoms with Crippen molar-refractivity contribution in [2.24, 2.45) is 5.73 Å². The van der Waals surface area contributed by atoms with Crippen molar-refractivity contribution >= 4 is 5.91 Å². The number of nitrogens with zero attached hydrogens (tertiary/aromatic N) is 1. The van der Waals surface area contributed by atoms with Gasteiger partial charge in [0.25, 0.3) is 5.91 Å². The summed E-state index contributed by atoms with van der Waals surface area (Å²) in [6.45, 7) is 1.18. The molecular formula is C14H18F2N2O. The van der Waals surface area contributed by atoms with Gasteiger partial charge in [-0.3, -0.25) is 4.79 Å². The molecule has 1 heterocycles. The molecule has 19 heavy (non-hydrogen) atoms. The SMILES string of the molecule is NCCC1CCCCN1C(=O)c1ccc(F)c(F)c1. The smallest absolute Gasteiger partial charge is 0.254 e. The van der Waals surface area contributed by atoms with E-state index >= 15 is 0 Å². The summed E-state index contributed by atoms with van der Waals surface area (Å²) in [5, 5.41) is 0. The minimum atomic E-state index is -0.988. The molecule has 1 atom stereocenters. The van der Waals surface area contributed by atoms with Crippen molar-refractivity contribution in [1.29, 1.82) is 0 Å². The third kappa shape index (κ3) is 3.10. The topological polar surface area (TPSA) is 46.3 Å². The van der Waals surface area contributed by atoms with Crippen LogP contribution in [-0.2, 0) is 0 Å². The van der Waals surface area contributed by atoms with Crippen molar-refractivity contribution < 1.29 is 13.6 Å². The van der Waals surface area contributed by atoms with Crippen molar-refractivity contribution in [2.45, 2.75) is 31.7 Å². The maximum absolute atomic E-state index is 13.2. The molecule has 5 heteroatoms. The van der Waals surface area contributed by atoms with Gasteiger partial charge in [0.2, 0.25) is 0 Å². The lowest BCUT2D eigenvalue weighted by Gasteiger charge is -2.35. The molecule has 2 rings (SSSR count). The zero-order chi connectivity index (χ0) is 13.8. The summed E-state index contributed by atoms with van der Waals surface area (Å²) in [6.07, 6.45) is 3.69. The average Bonchev–Trinajstić information content (AvgIpc) is 2.42. The summed E-state index contributed by atoms with van der Waals surface area (Å²) in [4.78, 5) is 14.1. The standard InChI is InChI=1S/C14H18F2N2O/c15-12-5-4-10(9-13(12)16)14(19)18-8-2-1-3-11(18)6-7-17/h4-5,9,11H,1-3,6-8,17H2. The molecular weight excluding hydrogens is 250 g/mol. The predicted octanol–water partition coefficient (Wildman–Crippen LogP) is 2.31. The summed E-state index contributed by atoms with van der Waals surface area (Å²) < 4.78 is 26.1. The number of rotatable bonds is 3. The second kappa shape index (κ2) is 6.10. The van der Waals surface area contributed by atoms with Gasteiger partial charge in [-0.05, 0) is 50.4 Å². The van der Waals surface area contributed by atoms with Crippen molar-refractivity contribution in [3.8, 4) is 0 Å². The predicted molar refractivity (Wildman–Crippen MR) is 68.7 cm³/mol. The Bertz CT molecular complexity index is 463. The van der Waals surface area contributed by atoms with E-state index in [1.54, 1.807) is 4.90 Å². The number of carbonyl (C=O) groups excluding carboxylic acids is 1. The zero-order valence-corrected chi connectivity index (χ0v) is 10.7. The molecule has 0 bridgehead atoms. The molecule has 0 aliphatic carbocycles. The monoisotopic (exact) mass is 268 g/mol. The Morgan fingerprint density at radius 1 is 1.32 bits per heavy atom. The maximum atomic E-state index is 13.2. The summed E-state index contributed by atoms with van der Waals surface area (Å²) in [5.41, 5.74) is 5.75. The van der Waals surface area contributed by atoms with Crippen LogP contribution in [0.25, 0.3) is 0 Å². The molecule has 1 aliphatic rings. The first kappa shape index (κ1) is 13.9. The van der Waals surface area contributed by atoms with Crippen LogP contribution in [0.2, 0.25) is 0 Å². The number of carbonyl (C=O) groups is 1. The van der Waals surface area contributed by atoms with E-state index in [1.165, 1.54) is 6.07 Å². The van der Waals surface area contributed by atoms with E-state index in [1.807, 2.05) is 0 Å². The molecule has 1 fully saturated rings. The Balaban J connectivity index is 2.18. The van der Waals surface area contributed by atoms with Crippen LogP contribution >= 0.6 is 0 Å². The largest absolute Gasteiger partial charge is 0.336 e. The molecule has 104 valence electrons. The molecule has 2 N–H and O–H groups in total. The highest BCUT2D eigenvalue weighted by Gasteiger charge is 2.27. The number of piperidine rings is 1. The van der Waals surface area contributed by atoms with E-state index in [0.29, 0.717) is 13.1 Å². The minimum Gasteiger partial charge on any atom is -0.336 e. The molecule has 1 unspecified atom stereocenters. The number of halogens is 2. The van der Waals surface area contributed by atoms with Crippen LogP contribution < -0.4 is 5.73 Å². The van der Waals surface area contributed by atoms with E-state index in [2.05, 4.69) is 0 Å². The minimum absolute atomic E-state index is 0.111. The molecule has 1 aliphatic heterocycles. The number of benzene rings is 1. The summed E-state index contributed by atoms with van der Waals surface area (Å²) in [5.74, 6) is -2.16. The highest BCUT2D eigenvalue weighted by molar-refractivity contribution is 5.94. The lowest BCUT2D eigenvalue weighted by molar-refractivity contribution is 0.0604. The van der Waals surface area contributed by atoms with Crippen molar-refractivity contribution in [2.75, 3.05) is 13.1 Å². The second-order valence-electron chi connectivity index (χ2n) is 4.85. The Hall–Kier alpha value is -1.49. The normalized spacial score (nSPS) is 19.5. The fourth-order valence-electron chi connectivity index (χ4n) is 2.56. The Morgan fingerprint density at radius 2 is 2.11 bits per heavy atom. The van der Waals surface area contributed by atoms with Crippen LogP contribution in [0, 0.1) is 11.6 Å². The quantitative estimate of drug-likeness (QED) is 0.914. The molecule has 0 radical (unpaired) electrons. The van der Waals surface area contributed by atoms with Crippen LogP contribution in [0.5, 0.6) is 0 Å².